The van der Waals surface area contributed by atoms with Gasteiger partial charge in [-0.15, -0.1) is 5.69 Å². The Hall–Kier alpha value is -3.59. The molecule has 0 aromatic heterocycles. The van der Waals surface area contributed by atoms with Gasteiger partial charge in [0.25, 0.3) is 0 Å². The summed E-state index contributed by atoms with van der Waals surface area (Å²) in [6.45, 7) is 2.41. The zero-order valence-corrected chi connectivity index (χ0v) is 23.2. The zero-order chi connectivity index (χ0) is 31.7. The van der Waals surface area contributed by atoms with Crippen molar-refractivity contribution >= 4 is 28.9 Å². The van der Waals surface area contributed by atoms with Crippen LogP contribution in [-0.4, -0.2) is 42.3 Å². The molecule has 4 aromatic carbocycles. The standard InChI is InChI=1S/C19H18P.C12H6F10N/c1-20(17-11-5-2-6-12-17,18-13-7-3-8-14-18)19-15-9-4-10-16-19;13-7-8(14,15)10(17,18)12(21,22)11(19,20)9(7,16)23-6-4-2-1-3-5-6/h2-16H,1H3;1-5,7H/q+1;-1. The van der Waals surface area contributed by atoms with Crippen molar-refractivity contribution in [3.8, 4) is 0 Å². The lowest BCUT2D eigenvalue weighted by atomic mass is 9.78. The molecule has 2 unspecified atom stereocenters. The number of alkyl halides is 10. The molecule has 0 amide bonds. The first-order valence-electron chi connectivity index (χ1n) is 12.7. The highest BCUT2D eigenvalue weighted by atomic mass is 31.2. The normalized spacial score (nSPS) is 23.4. The van der Waals surface area contributed by atoms with Crippen molar-refractivity contribution in [2.45, 2.75) is 35.7 Å². The van der Waals surface area contributed by atoms with Crippen LogP contribution in [0.3, 0.4) is 0 Å². The maximum Gasteiger partial charge on any atom is 0.381 e. The van der Waals surface area contributed by atoms with Gasteiger partial charge >= 0.3 is 23.7 Å². The first-order chi connectivity index (χ1) is 20.0. The van der Waals surface area contributed by atoms with Gasteiger partial charge in [-0.2, -0.15) is 35.1 Å². The molecule has 1 saturated carbocycles. The summed E-state index contributed by atoms with van der Waals surface area (Å²) in [5.74, 6) is -32.2. The lowest BCUT2D eigenvalue weighted by Crippen LogP contribution is -2.79. The second-order valence-corrected chi connectivity index (χ2v) is 13.4. The second-order valence-electron chi connectivity index (χ2n) is 9.84. The van der Waals surface area contributed by atoms with E-state index in [0.29, 0.717) is 12.1 Å². The molecule has 0 heterocycles. The molecule has 1 fully saturated rings. The number of halogens is 10. The van der Waals surface area contributed by atoms with Crippen LogP contribution in [0.2, 0.25) is 0 Å². The average Bonchev–Trinajstić information content (AvgIpc) is 3.01. The first kappa shape index (κ1) is 32.3. The van der Waals surface area contributed by atoms with Gasteiger partial charge in [0.05, 0.1) is 6.66 Å². The van der Waals surface area contributed by atoms with Crippen molar-refractivity contribution in [3.63, 3.8) is 0 Å². The van der Waals surface area contributed by atoms with Crippen molar-refractivity contribution in [1.82, 2.24) is 0 Å². The van der Waals surface area contributed by atoms with Gasteiger partial charge in [-0.05, 0) is 36.4 Å². The lowest BCUT2D eigenvalue weighted by molar-refractivity contribution is -0.435. The molecule has 4 aromatic rings. The van der Waals surface area contributed by atoms with E-state index >= 15 is 0 Å². The maximum atomic E-state index is 14.2. The van der Waals surface area contributed by atoms with Gasteiger partial charge in [0, 0.05) is 0 Å². The van der Waals surface area contributed by atoms with Gasteiger partial charge in [0.1, 0.15) is 23.2 Å². The molecule has 0 aliphatic heterocycles. The first-order valence-corrected chi connectivity index (χ1v) is 14.9. The minimum absolute atomic E-state index is 0.715. The minimum Gasteiger partial charge on any atom is -0.645 e. The van der Waals surface area contributed by atoms with Crippen LogP contribution in [0, 0.1) is 0 Å². The molecule has 43 heavy (non-hydrogen) atoms. The molecule has 2 atom stereocenters. The molecule has 228 valence electrons. The molecule has 0 spiro atoms. The third kappa shape index (κ3) is 5.15. The van der Waals surface area contributed by atoms with Gasteiger partial charge in [-0.1, -0.05) is 84.9 Å². The van der Waals surface area contributed by atoms with E-state index in [2.05, 4.69) is 103 Å². The molecule has 1 aliphatic rings. The van der Waals surface area contributed by atoms with Crippen LogP contribution < -0.4 is 15.9 Å². The average molecular weight is 631 g/mol. The Balaban J connectivity index is 0.000000198. The third-order valence-electron chi connectivity index (χ3n) is 7.17. The Morgan fingerprint density at radius 3 is 1.16 bits per heavy atom. The van der Waals surface area contributed by atoms with E-state index in [1.807, 2.05) is 0 Å². The predicted molar refractivity (Wildman–Crippen MR) is 149 cm³/mol. The summed E-state index contributed by atoms with van der Waals surface area (Å²) < 4.78 is 133. The molecule has 5 rings (SSSR count). The van der Waals surface area contributed by atoms with E-state index in [1.165, 1.54) is 22.0 Å². The van der Waals surface area contributed by atoms with E-state index in [-0.39, 0.29) is 0 Å². The summed E-state index contributed by atoms with van der Waals surface area (Å²) >= 11 is 0. The molecular formula is C31H24F10NP. The Bertz CT molecular complexity index is 1390. The van der Waals surface area contributed by atoms with Crippen molar-refractivity contribution < 1.29 is 43.9 Å². The van der Waals surface area contributed by atoms with Gasteiger partial charge < -0.3 is 5.32 Å². The van der Waals surface area contributed by atoms with E-state index < -0.39 is 48.6 Å². The number of nitrogens with zero attached hydrogens (tertiary/aromatic N) is 1. The molecule has 0 N–H and O–H groups in total. The summed E-state index contributed by atoms with van der Waals surface area (Å²) in [5.41, 5.74) is -0.908. The highest BCUT2D eigenvalue weighted by Gasteiger charge is 2.92. The fourth-order valence-corrected chi connectivity index (χ4v) is 7.83. The largest absolute Gasteiger partial charge is 0.645 e. The smallest absolute Gasteiger partial charge is 0.381 e. The second kappa shape index (κ2) is 11.5. The van der Waals surface area contributed by atoms with Crippen molar-refractivity contribution in [1.29, 1.82) is 0 Å². The molecule has 1 nitrogen and oxygen atoms in total. The fraction of sp³-hybridized carbons (Fsp3) is 0.226. The van der Waals surface area contributed by atoms with Gasteiger partial charge in [0.2, 0.25) is 0 Å². The van der Waals surface area contributed by atoms with E-state index in [4.69, 9.17) is 0 Å². The molecule has 0 radical (unpaired) electrons. The van der Waals surface area contributed by atoms with Crippen LogP contribution in [0.15, 0.2) is 121 Å². The highest BCUT2D eigenvalue weighted by molar-refractivity contribution is 7.95. The fourth-order valence-electron chi connectivity index (χ4n) is 4.63. The van der Waals surface area contributed by atoms with Crippen molar-refractivity contribution in [3.05, 3.63) is 127 Å². The Morgan fingerprint density at radius 1 is 0.488 bits per heavy atom. The molecule has 12 heteroatoms. The number of rotatable bonds is 5. The third-order valence-corrected chi connectivity index (χ3v) is 11.2. The maximum absolute atomic E-state index is 14.2. The minimum atomic E-state index is -6.88. The van der Waals surface area contributed by atoms with Crippen molar-refractivity contribution in [2.75, 3.05) is 6.66 Å². The van der Waals surface area contributed by atoms with E-state index in [0.717, 1.165) is 12.1 Å². The van der Waals surface area contributed by atoms with Crippen LogP contribution >= 0.6 is 7.26 Å². The Morgan fingerprint density at radius 2 is 0.814 bits per heavy atom. The van der Waals surface area contributed by atoms with E-state index in [9.17, 15) is 43.9 Å². The summed E-state index contributed by atoms with van der Waals surface area (Å²) in [4.78, 5) is 0. The quantitative estimate of drug-likeness (QED) is 0.119. The van der Waals surface area contributed by atoms with Gasteiger partial charge in [-0.25, -0.2) is 4.39 Å². The zero-order valence-electron chi connectivity index (χ0n) is 22.3. The Labute approximate surface area is 241 Å². The molecule has 1 aliphatic carbocycles. The van der Waals surface area contributed by atoms with Crippen LogP contribution in [0.5, 0.6) is 0 Å². The summed E-state index contributed by atoms with van der Waals surface area (Å²) in [5, 5.41) is 6.54. The number of para-hydroxylation sites is 1. The number of hydrogen-bond donors (Lipinski definition) is 0. The topological polar surface area (TPSA) is 14.1 Å². The SMILES string of the molecule is C[P+](c1ccccc1)(c1ccccc1)c1ccccc1.FC1C(F)(F)C(F)(F)C(F)(F)C(F)(F)C1(F)[N-]c1ccccc1. The summed E-state index contributed by atoms with van der Waals surface area (Å²) in [6, 6.07) is 37.4. The monoisotopic (exact) mass is 631 g/mol. The highest BCUT2D eigenvalue weighted by Crippen LogP contribution is 2.67. The van der Waals surface area contributed by atoms with Gasteiger partial charge in [0.15, 0.2) is 12.0 Å². The predicted octanol–water partition coefficient (Wildman–Crippen LogP) is 8.86. The summed E-state index contributed by atoms with van der Waals surface area (Å²) in [6.07, 6.45) is -5.00. The molecule has 0 saturated heterocycles. The van der Waals surface area contributed by atoms with Crippen LogP contribution in [-0.2, 0) is 0 Å². The van der Waals surface area contributed by atoms with Crippen LogP contribution in [0.1, 0.15) is 0 Å². The van der Waals surface area contributed by atoms with Crippen molar-refractivity contribution in [2.24, 2.45) is 0 Å². The lowest BCUT2D eigenvalue weighted by Gasteiger charge is -2.56. The van der Waals surface area contributed by atoms with Gasteiger partial charge in [-0.3, -0.25) is 4.39 Å². The summed E-state index contributed by atoms with van der Waals surface area (Å²) in [7, 11) is -1.53. The molecular weight excluding hydrogens is 607 g/mol. The van der Waals surface area contributed by atoms with Crippen LogP contribution in [0.4, 0.5) is 49.6 Å². The molecule has 0 bridgehead atoms. The van der Waals surface area contributed by atoms with Crippen LogP contribution in [0.25, 0.3) is 5.32 Å². The Kier molecular flexibility index (Phi) is 8.64. The number of hydrogen-bond acceptors (Lipinski definition) is 0. The number of benzene rings is 4. The van der Waals surface area contributed by atoms with E-state index in [1.54, 1.807) is 0 Å².